The van der Waals surface area contributed by atoms with Crippen LogP contribution >= 0.6 is 0 Å². The first-order chi connectivity index (χ1) is 14.5. The van der Waals surface area contributed by atoms with E-state index in [2.05, 4.69) is 34.3 Å². The smallest absolute Gasteiger partial charge is 0.337 e. The molecule has 166 valence electrons. The number of benzene rings is 1. The summed E-state index contributed by atoms with van der Waals surface area (Å²) in [4.78, 5) is 29.4. The number of urea groups is 1. The first kappa shape index (κ1) is 22.4. The van der Waals surface area contributed by atoms with Crippen LogP contribution < -0.4 is 15.5 Å². The minimum Gasteiger partial charge on any atom is -0.465 e. The molecule has 1 aromatic carbocycles. The van der Waals surface area contributed by atoms with Crippen LogP contribution in [0.1, 0.15) is 43.5 Å². The molecule has 8 nitrogen and oxygen atoms in total. The Balaban J connectivity index is 1.70. The van der Waals surface area contributed by atoms with E-state index in [0.29, 0.717) is 17.8 Å². The topological polar surface area (TPSA) is 83.1 Å². The van der Waals surface area contributed by atoms with Crippen LogP contribution in [0.15, 0.2) is 18.2 Å². The number of methoxy groups -OCH3 is 1. The number of ether oxygens (including phenoxy) is 2. The zero-order chi connectivity index (χ0) is 21.6. The van der Waals surface area contributed by atoms with Gasteiger partial charge in [-0.05, 0) is 44.4 Å². The number of esters is 1. The van der Waals surface area contributed by atoms with Gasteiger partial charge in [-0.2, -0.15) is 0 Å². The van der Waals surface area contributed by atoms with Crippen LogP contribution in [0.4, 0.5) is 16.2 Å². The van der Waals surface area contributed by atoms with Crippen molar-refractivity contribution in [2.24, 2.45) is 0 Å². The van der Waals surface area contributed by atoms with Crippen molar-refractivity contribution in [1.29, 1.82) is 0 Å². The average Bonchev–Trinajstić information content (AvgIpc) is 3.32. The van der Waals surface area contributed by atoms with E-state index in [1.807, 2.05) is 6.07 Å². The summed E-state index contributed by atoms with van der Waals surface area (Å²) in [5.74, 6) is -0.419. The maximum atomic E-state index is 12.8. The summed E-state index contributed by atoms with van der Waals surface area (Å²) in [5.41, 5.74) is 1.85. The number of rotatable bonds is 7. The quantitative estimate of drug-likeness (QED) is 0.663. The fourth-order valence-electron chi connectivity index (χ4n) is 4.12. The fraction of sp³-hybridized carbons (Fsp3) is 0.636. The summed E-state index contributed by atoms with van der Waals surface area (Å²) in [6.07, 6.45) is 3.17. The third kappa shape index (κ3) is 5.23. The fourth-order valence-corrected chi connectivity index (χ4v) is 4.12. The van der Waals surface area contributed by atoms with Gasteiger partial charge < -0.3 is 25.0 Å². The van der Waals surface area contributed by atoms with Gasteiger partial charge in [0, 0.05) is 38.3 Å². The predicted octanol–water partition coefficient (Wildman–Crippen LogP) is 2.70. The molecule has 2 saturated heterocycles. The number of amides is 2. The Morgan fingerprint density at radius 3 is 2.50 bits per heavy atom. The van der Waals surface area contributed by atoms with Crippen molar-refractivity contribution >= 4 is 23.4 Å². The highest BCUT2D eigenvalue weighted by molar-refractivity contribution is 5.97. The van der Waals surface area contributed by atoms with Crippen LogP contribution in [0.3, 0.4) is 0 Å². The molecule has 0 aromatic heterocycles. The molecule has 3 rings (SSSR count). The van der Waals surface area contributed by atoms with Gasteiger partial charge in [-0.25, -0.2) is 9.59 Å². The van der Waals surface area contributed by atoms with Crippen molar-refractivity contribution in [3.63, 3.8) is 0 Å². The monoisotopic (exact) mass is 418 g/mol. The summed E-state index contributed by atoms with van der Waals surface area (Å²) in [6, 6.07) is 5.05. The SMILES string of the molecule is CC[C@](C)(CNC(=O)Nc1cc(C(=O)OC)ccc1N1CCCC1)N1CCOCC1. The molecular weight excluding hydrogens is 384 g/mol. The normalized spacial score (nSPS) is 19.2. The van der Waals surface area contributed by atoms with Gasteiger partial charge in [-0.15, -0.1) is 0 Å². The molecular formula is C22H34N4O4. The zero-order valence-corrected chi connectivity index (χ0v) is 18.3. The van der Waals surface area contributed by atoms with Crippen LogP contribution in [-0.4, -0.2) is 75.5 Å². The van der Waals surface area contributed by atoms with Crippen LogP contribution in [0, 0.1) is 0 Å². The Morgan fingerprint density at radius 1 is 1.17 bits per heavy atom. The van der Waals surface area contributed by atoms with Gasteiger partial charge in [0.2, 0.25) is 0 Å². The number of hydrogen-bond acceptors (Lipinski definition) is 6. The molecule has 2 amide bonds. The van der Waals surface area contributed by atoms with Gasteiger partial charge in [0.25, 0.3) is 0 Å². The predicted molar refractivity (Wildman–Crippen MR) is 117 cm³/mol. The first-order valence-corrected chi connectivity index (χ1v) is 10.8. The number of hydrogen-bond donors (Lipinski definition) is 2. The number of nitrogens with one attached hydrogen (secondary N) is 2. The molecule has 2 aliphatic rings. The summed E-state index contributed by atoms with van der Waals surface area (Å²) >= 11 is 0. The van der Waals surface area contributed by atoms with Crippen molar-refractivity contribution in [1.82, 2.24) is 10.2 Å². The van der Waals surface area contributed by atoms with E-state index in [4.69, 9.17) is 9.47 Å². The molecule has 0 spiro atoms. The highest BCUT2D eigenvalue weighted by Crippen LogP contribution is 2.30. The Bertz CT molecular complexity index is 745. The third-order valence-electron chi connectivity index (χ3n) is 6.28. The summed E-state index contributed by atoms with van der Waals surface area (Å²) < 4.78 is 10.3. The molecule has 2 aliphatic heterocycles. The molecule has 0 saturated carbocycles. The molecule has 8 heteroatoms. The van der Waals surface area contributed by atoms with Crippen LogP contribution in [0.25, 0.3) is 0 Å². The molecule has 2 heterocycles. The van der Waals surface area contributed by atoms with Gasteiger partial charge in [-0.3, -0.25) is 4.90 Å². The molecule has 1 aromatic rings. The van der Waals surface area contributed by atoms with Crippen molar-refractivity contribution < 1.29 is 19.1 Å². The Labute approximate surface area is 178 Å². The van der Waals surface area contributed by atoms with Crippen LogP contribution in [0.2, 0.25) is 0 Å². The largest absolute Gasteiger partial charge is 0.465 e. The lowest BCUT2D eigenvalue weighted by molar-refractivity contribution is -0.0163. The molecule has 0 unspecified atom stereocenters. The number of morpholine rings is 1. The number of nitrogens with zero attached hydrogens (tertiary/aromatic N) is 2. The lowest BCUT2D eigenvalue weighted by Gasteiger charge is -2.43. The summed E-state index contributed by atoms with van der Waals surface area (Å²) in [5, 5.41) is 6.00. The molecule has 30 heavy (non-hydrogen) atoms. The van der Waals surface area contributed by atoms with Gasteiger partial charge in [0.1, 0.15) is 0 Å². The van der Waals surface area contributed by atoms with Crippen LogP contribution in [-0.2, 0) is 9.47 Å². The second kappa shape index (κ2) is 10.1. The van der Waals surface area contributed by atoms with E-state index in [0.717, 1.165) is 64.3 Å². The van der Waals surface area contributed by atoms with E-state index < -0.39 is 5.97 Å². The molecule has 2 N–H and O–H groups in total. The van der Waals surface area contributed by atoms with Crippen molar-refractivity contribution in [3.05, 3.63) is 23.8 Å². The number of carbonyl (C=O) groups excluding carboxylic acids is 2. The van der Waals surface area contributed by atoms with E-state index in [1.54, 1.807) is 12.1 Å². The highest BCUT2D eigenvalue weighted by Gasteiger charge is 2.31. The number of carbonyl (C=O) groups is 2. The molecule has 0 radical (unpaired) electrons. The maximum absolute atomic E-state index is 12.8. The standard InChI is InChI=1S/C22H34N4O4/c1-4-22(2,26-11-13-30-14-12-26)16-23-21(28)24-18-15-17(20(27)29-3)7-8-19(18)25-9-5-6-10-25/h7-8,15H,4-6,9-14,16H2,1-3H3,(H2,23,24,28)/t22-/m1/s1. The minimum atomic E-state index is -0.419. The summed E-state index contributed by atoms with van der Waals surface area (Å²) in [7, 11) is 1.35. The first-order valence-electron chi connectivity index (χ1n) is 10.8. The maximum Gasteiger partial charge on any atom is 0.337 e. The molecule has 2 fully saturated rings. The zero-order valence-electron chi connectivity index (χ0n) is 18.3. The second-order valence-electron chi connectivity index (χ2n) is 8.18. The lowest BCUT2D eigenvalue weighted by Crippen LogP contribution is -2.57. The number of anilines is 2. The van der Waals surface area contributed by atoms with Crippen molar-refractivity contribution in [2.75, 3.05) is 63.3 Å². The minimum absolute atomic E-state index is 0.132. The van der Waals surface area contributed by atoms with Crippen molar-refractivity contribution in [2.45, 2.75) is 38.6 Å². The van der Waals surface area contributed by atoms with Gasteiger partial charge in [0.05, 0.1) is 37.3 Å². The van der Waals surface area contributed by atoms with E-state index in [-0.39, 0.29) is 11.6 Å². The Morgan fingerprint density at radius 2 is 1.87 bits per heavy atom. The summed E-state index contributed by atoms with van der Waals surface area (Å²) in [6.45, 7) is 9.92. The lowest BCUT2D eigenvalue weighted by atomic mass is 9.95. The third-order valence-corrected chi connectivity index (χ3v) is 6.28. The van der Waals surface area contributed by atoms with E-state index in [9.17, 15) is 9.59 Å². The highest BCUT2D eigenvalue weighted by atomic mass is 16.5. The Kier molecular flexibility index (Phi) is 7.55. The molecule has 0 aliphatic carbocycles. The second-order valence-corrected chi connectivity index (χ2v) is 8.18. The van der Waals surface area contributed by atoms with E-state index >= 15 is 0 Å². The molecule has 1 atom stereocenters. The average molecular weight is 419 g/mol. The van der Waals surface area contributed by atoms with E-state index in [1.165, 1.54) is 7.11 Å². The van der Waals surface area contributed by atoms with Gasteiger partial charge in [0.15, 0.2) is 0 Å². The van der Waals surface area contributed by atoms with Crippen LogP contribution in [0.5, 0.6) is 0 Å². The van der Waals surface area contributed by atoms with Gasteiger partial charge >= 0.3 is 12.0 Å². The Hall–Kier alpha value is -2.32. The van der Waals surface area contributed by atoms with Crippen molar-refractivity contribution in [3.8, 4) is 0 Å². The molecule has 0 bridgehead atoms. The van der Waals surface area contributed by atoms with Gasteiger partial charge in [-0.1, -0.05) is 6.92 Å².